The average molecular weight is 236 g/mol. The number of hydrogen-bond acceptors (Lipinski definition) is 5. The second-order valence-corrected chi connectivity index (χ2v) is 6.36. The van der Waals surface area contributed by atoms with Gasteiger partial charge in [0.1, 0.15) is 18.0 Å². The molecule has 5 nitrogen and oxygen atoms in total. The first-order valence-electron chi connectivity index (χ1n) is 4.74. The maximum atomic E-state index is 11.5. The van der Waals surface area contributed by atoms with E-state index in [9.17, 15) is 13.2 Å². The number of hydrogen-bond donors (Lipinski definition) is 0. The van der Waals surface area contributed by atoms with Crippen LogP contribution in [-0.4, -0.2) is 32.3 Å². The Balaban J connectivity index is 2.66. The van der Waals surface area contributed by atoms with Gasteiger partial charge in [-0.1, -0.05) is 0 Å². The van der Waals surface area contributed by atoms with E-state index in [0.29, 0.717) is 0 Å². The lowest BCUT2D eigenvalue weighted by molar-refractivity contribution is -0.160. The van der Waals surface area contributed by atoms with Gasteiger partial charge in [-0.05, 0) is 27.7 Å². The van der Waals surface area contributed by atoms with Crippen LogP contribution in [0, 0.1) is 5.41 Å². The highest BCUT2D eigenvalue weighted by molar-refractivity contribution is 7.87. The van der Waals surface area contributed by atoms with Gasteiger partial charge in [-0.15, -0.1) is 0 Å². The lowest BCUT2D eigenvalue weighted by atomic mass is 9.97. The lowest BCUT2D eigenvalue weighted by Gasteiger charge is -2.20. The van der Waals surface area contributed by atoms with Crippen LogP contribution < -0.4 is 0 Å². The Morgan fingerprint density at radius 1 is 1.40 bits per heavy atom. The minimum Gasteiger partial charge on any atom is -0.458 e. The van der Waals surface area contributed by atoms with Crippen molar-refractivity contribution in [3.8, 4) is 0 Å². The van der Waals surface area contributed by atoms with Gasteiger partial charge in [0.25, 0.3) is 10.1 Å². The molecule has 0 aromatic heterocycles. The molecule has 1 aliphatic rings. The molecule has 1 aliphatic heterocycles. The Bertz CT molecular complexity index is 351. The third kappa shape index (κ3) is 3.17. The molecule has 0 N–H and O–H groups in total. The summed E-state index contributed by atoms with van der Waals surface area (Å²) in [5.74, 6) is -0.671. The number of rotatable bonds is 1. The van der Waals surface area contributed by atoms with Crippen molar-refractivity contribution in [1.29, 1.82) is 0 Å². The summed E-state index contributed by atoms with van der Waals surface area (Å²) >= 11 is 0. The first-order chi connectivity index (χ1) is 6.62. The minimum absolute atomic E-state index is 0.254. The van der Waals surface area contributed by atoms with E-state index < -0.39 is 33.7 Å². The smallest absolute Gasteiger partial charge is 0.311 e. The van der Waals surface area contributed by atoms with Crippen LogP contribution in [0.1, 0.15) is 27.7 Å². The number of carbonyl (C=O) groups is 1. The summed E-state index contributed by atoms with van der Waals surface area (Å²) in [5.41, 5.74) is -0.633. The number of ether oxygens (including phenoxy) is 1. The molecule has 0 amide bonds. The molecule has 0 aliphatic carbocycles. The van der Waals surface area contributed by atoms with Crippen molar-refractivity contribution < 1.29 is 22.1 Å². The van der Waals surface area contributed by atoms with Crippen molar-refractivity contribution in [2.75, 3.05) is 5.75 Å². The van der Waals surface area contributed by atoms with Gasteiger partial charge in [0.05, 0.1) is 5.41 Å². The van der Waals surface area contributed by atoms with E-state index in [0.717, 1.165) is 0 Å². The van der Waals surface area contributed by atoms with Gasteiger partial charge in [-0.2, -0.15) is 8.42 Å². The summed E-state index contributed by atoms with van der Waals surface area (Å²) in [6, 6.07) is 0. The maximum Gasteiger partial charge on any atom is 0.311 e. The Hall–Kier alpha value is -0.620. The first-order valence-corrected chi connectivity index (χ1v) is 6.31. The fourth-order valence-corrected chi connectivity index (χ4v) is 2.52. The summed E-state index contributed by atoms with van der Waals surface area (Å²) in [5, 5.41) is 0. The molecule has 0 bridgehead atoms. The zero-order valence-electron chi connectivity index (χ0n) is 9.31. The van der Waals surface area contributed by atoms with Crippen LogP contribution in [-0.2, 0) is 23.8 Å². The summed E-state index contributed by atoms with van der Waals surface area (Å²) in [4.78, 5) is 11.5. The fraction of sp³-hybridized carbons (Fsp3) is 0.889. The molecular weight excluding hydrogens is 220 g/mol. The summed E-state index contributed by atoms with van der Waals surface area (Å²) in [6.07, 6.45) is -1.29. The molecule has 88 valence electrons. The molecular formula is C9H16O5S. The predicted octanol–water partition coefficient (Wildman–Crippen LogP) is 0.693. The van der Waals surface area contributed by atoms with E-state index in [-0.39, 0.29) is 5.75 Å². The van der Waals surface area contributed by atoms with Gasteiger partial charge < -0.3 is 4.74 Å². The van der Waals surface area contributed by atoms with Crippen molar-refractivity contribution >= 4 is 16.1 Å². The van der Waals surface area contributed by atoms with Gasteiger partial charge >= 0.3 is 5.97 Å². The van der Waals surface area contributed by atoms with Crippen molar-refractivity contribution in [3.63, 3.8) is 0 Å². The molecule has 15 heavy (non-hydrogen) atoms. The topological polar surface area (TPSA) is 69.7 Å². The van der Waals surface area contributed by atoms with Crippen molar-refractivity contribution in [1.82, 2.24) is 0 Å². The molecule has 0 saturated carbocycles. The largest absolute Gasteiger partial charge is 0.458 e. The molecule has 0 radical (unpaired) electrons. The van der Waals surface area contributed by atoms with E-state index in [2.05, 4.69) is 4.18 Å². The van der Waals surface area contributed by atoms with Crippen LogP contribution >= 0.6 is 0 Å². The predicted molar refractivity (Wildman–Crippen MR) is 53.7 cm³/mol. The summed E-state index contributed by atoms with van der Waals surface area (Å²) in [6.45, 7) is 6.71. The normalized spacial score (nSPS) is 30.1. The third-order valence-electron chi connectivity index (χ3n) is 2.06. The van der Waals surface area contributed by atoms with Crippen LogP contribution in [0.3, 0.4) is 0 Å². The Morgan fingerprint density at radius 3 is 2.27 bits per heavy atom. The Kier molecular flexibility index (Phi) is 3.11. The molecule has 2 atom stereocenters. The molecule has 1 fully saturated rings. The molecule has 6 heteroatoms. The fourth-order valence-electron chi connectivity index (χ4n) is 1.11. The molecule has 0 aromatic carbocycles. The number of esters is 1. The van der Waals surface area contributed by atoms with Crippen molar-refractivity contribution in [3.05, 3.63) is 0 Å². The molecule has 2 unspecified atom stereocenters. The highest BCUT2D eigenvalue weighted by Crippen LogP contribution is 2.23. The van der Waals surface area contributed by atoms with Gasteiger partial charge in [0, 0.05) is 0 Å². The monoisotopic (exact) mass is 236 g/mol. The maximum absolute atomic E-state index is 11.5. The number of carbonyl (C=O) groups excluding carboxylic acids is 1. The van der Waals surface area contributed by atoms with Gasteiger partial charge in [-0.25, -0.2) is 0 Å². The zero-order valence-corrected chi connectivity index (χ0v) is 10.1. The van der Waals surface area contributed by atoms with E-state index in [1.54, 1.807) is 27.7 Å². The Morgan fingerprint density at radius 2 is 1.93 bits per heavy atom. The molecule has 1 heterocycles. The van der Waals surface area contributed by atoms with Crippen molar-refractivity contribution in [2.24, 2.45) is 5.41 Å². The van der Waals surface area contributed by atoms with Crippen LogP contribution in [0.15, 0.2) is 0 Å². The zero-order chi connectivity index (χ0) is 11.9. The van der Waals surface area contributed by atoms with E-state index in [4.69, 9.17) is 4.74 Å². The SMILES string of the molecule is CC1OS(=O)(=O)CC1OC(=O)C(C)(C)C. The average Bonchev–Trinajstić information content (AvgIpc) is 2.22. The first kappa shape index (κ1) is 12.4. The highest BCUT2D eigenvalue weighted by atomic mass is 32.2. The van der Waals surface area contributed by atoms with Crippen LogP contribution in [0.2, 0.25) is 0 Å². The van der Waals surface area contributed by atoms with Crippen LogP contribution in [0.5, 0.6) is 0 Å². The van der Waals surface area contributed by atoms with E-state index >= 15 is 0 Å². The standard InChI is InChI=1S/C9H16O5S/c1-6-7(5-15(11,12)14-6)13-8(10)9(2,3)4/h6-7H,5H2,1-4H3. The van der Waals surface area contributed by atoms with E-state index in [1.165, 1.54) is 0 Å². The Labute approximate surface area is 89.9 Å². The lowest BCUT2D eigenvalue weighted by Crippen LogP contribution is -2.33. The molecule has 0 aromatic rings. The second-order valence-electron chi connectivity index (χ2n) is 4.72. The van der Waals surface area contributed by atoms with Gasteiger partial charge in [0.2, 0.25) is 0 Å². The molecule has 0 spiro atoms. The van der Waals surface area contributed by atoms with E-state index in [1.807, 2.05) is 0 Å². The molecule has 1 rings (SSSR count). The highest BCUT2D eigenvalue weighted by Gasteiger charge is 2.40. The second kappa shape index (κ2) is 3.75. The quantitative estimate of drug-likeness (QED) is 0.495. The van der Waals surface area contributed by atoms with Crippen molar-refractivity contribution in [2.45, 2.75) is 39.9 Å². The minimum atomic E-state index is -3.51. The molecule has 1 saturated heterocycles. The summed E-state index contributed by atoms with van der Waals surface area (Å²) < 4.78 is 31.9. The van der Waals surface area contributed by atoms with Gasteiger partial charge in [0.15, 0.2) is 0 Å². The van der Waals surface area contributed by atoms with Gasteiger partial charge in [-0.3, -0.25) is 8.98 Å². The van der Waals surface area contributed by atoms with Crippen LogP contribution in [0.4, 0.5) is 0 Å². The summed E-state index contributed by atoms with van der Waals surface area (Å²) in [7, 11) is -3.51. The van der Waals surface area contributed by atoms with Crippen LogP contribution in [0.25, 0.3) is 0 Å². The third-order valence-corrected chi connectivity index (χ3v) is 3.39.